The molecule has 1 aliphatic carbocycles. The van der Waals surface area contributed by atoms with Crippen LogP contribution >= 0.6 is 0 Å². The van der Waals surface area contributed by atoms with E-state index in [-0.39, 0.29) is 36.1 Å². The Morgan fingerprint density at radius 1 is 1.03 bits per heavy atom. The molecular weight excluding hydrogens is 483 g/mol. The molecule has 4 heterocycles. The summed E-state index contributed by atoms with van der Waals surface area (Å²) in [7, 11) is 0. The van der Waals surface area contributed by atoms with Crippen molar-refractivity contribution in [3.63, 3.8) is 0 Å². The number of pyridine rings is 1. The van der Waals surface area contributed by atoms with Crippen LogP contribution in [0.4, 0.5) is 19.0 Å². The lowest BCUT2D eigenvalue weighted by Gasteiger charge is -2.39. The summed E-state index contributed by atoms with van der Waals surface area (Å²) in [5, 5.41) is 9.32. The summed E-state index contributed by atoms with van der Waals surface area (Å²) in [4.78, 5) is 21.2. The first-order valence-electron chi connectivity index (χ1n) is 12.8. The predicted molar refractivity (Wildman–Crippen MR) is 132 cm³/mol. The van der Waals surface area contributed by atoms with Crippen molar-refractivity contribution in [1.82, 2.24) is 9.97 Å². The van der Waals surface area contributed by atoms with Gasteiger partial charge in [-0.05, 0) is 68.2 Å². The van der Waals surface area contributed by atoms with Crippen molar-refractivity contribution in [3.05, 3.63) is 71.2 Å². The van der Waals surface area contributed by atoms with Crippen LogP contribution in [0.3, 0.4) is 0 Å². The van der Waals surface area contributed by atoms with Crippen LogP contribution in [-0.2, 0) is 17.5 Å². The minimum atomic E-state index is -4.44. The standard InChI is InChI=1S/C28H28F3N3O3/c29-28(30,31)23-5-2-1-4-20(23)21-14-32-26(16-8-9-16)22(21)15-37-19-12-17-10-11-18(13-19)34(17)25-7-3-6-24(33-25)27(35)36/h1-7,14,16-19,32H,8-13,15H2,(H,35,36). The van der Waals surface area contributed by atoms with Crippen LogP contribution in [0.25, 0.3) is 11.1 Å². The van der Waals surface area contributed by atoms with Crippen LogP contribution in [0.15, 0.2) is 48.7 Å². The summed E-state index contributed by atoms with van der Waals surface area (Å²) >= 11 is 0. The first kappa shape index (κ1) is 24.0. The number of benzene rings is 1. The molecule has 0 radical (unpaired) electrons. The molecule has 2 saturated heterocycles. The summed E-state index contributed by atoms with van der Waals surface area (Å²) < 4.78 is 47.7. The van der Waals surface area contributed by atoms with Gasteiger partial charge in [-0.1, -0.05) is 24.3 Å². The highest BCUT2D eigenvalue weighted by Crippen LogP contribution is 2.46. The van der Waals surface area contributed by atoms with Crippen LogP contribution in [0, 0.1) is 0 Å². The molecule has 37 heavy (non-hydrogen) atoms. The molecule has 0 spiro atoms. The summed E-state index contributed by atoms with van der Waals surface area (Å²) in [5.41, 5.74) is 1.94. The fourth-order valence-corrected chi connectivity index (χ4v) is 6.09. The van der Waals surface area contributed by atoms with E-state index in [0.29, 0.717) is 17.3 Å². The van der Waals surface area contributed by atoms with E-state index in [4.69, 9.17) is 4.74 Å². The number of anilines is 1. The monoisotopic (exact) mass is 511 g/mol. The Kier molecular flexibility index (Phi) is 5.98. The summed E-state index contributed by atoms with van der Waals surface area (Å²) in [6, 6.07) is 11.2. The van der Waals surface area contributed by atoms with Gasteiger partial charge in [0.1, 0.15) is 5.82 Å². The van der Waals surface area contributed by atoms with Crippen LogP contribution in [0.1, 0.15) is 71.8 Å². The molecule has 9 heteroatoms. The topological polar surface area (TPSA) is 78.5 Å². The second-order valence-electron chi connectivity index (χ2n) is 10.3. The van der Waals surface area contributed by atoms with Gasteiger partial charge in [0, 0.05) is 35.1 Å². The van der Waals surface area contributed by atoms with E-state index in [1.165, 1.54) is 18.2 Å². The lowest BCUT2D eigenvalue weighted by Crippen LogP contribution is -2.46. The molecule has 1 aromatic carbocycles. The Balaban J connectivity index is 1.22. The summed E-state index contributed by atoms with van der Waals surface area (Å²) in [6.07, 6.45) is 2.78. The van der Waals surface area contributed by atoms with E-state index in [2.05, 4.69) is 14.9 Å². The van der Waals surface area contributed by atoms with E-state index < -0.39 is 17.7 Å². The van der Waals surface area contributed by atoms with Gasteiger partial charge >= 0.3 is 12.1 Å². The van der Waals surface area contributed by atoms with Gasteiger partial charge in [-0.2, -0.15) is 13.2 Å². The average molecular weight is 512 g/mol. The third-order valence-electron chi connectivity index (χ3n) is 7.90. The summed E-state index contributed by atoms with van der Waals surface area (Å²) in [5.74, 6) is -0.0251. The van der Waals surface area contributed by atoms with Gasteiger partial charge in [-0.25, -0.2) is 9.78 Å². The number of alkyl halides is 3. The Morgan fingerprint density at radius 3 is 2.43 bits per heavy atom. The number of aromatic carboxylic acids is 1. The number of hydrogen-bond acceptors (Lipinski definition) is 4. The van der Waals surface area contributed by atoms with E-state index in [9.17, 15) is 23.1 Å². The number of piperidine rings is 1. The van der Waals surface area contributed by atoms with Crippen LogP contribution in [0.2, 0.25) is 0 Å². The highest BCUT2D eigenvalue weighted by molar-refractivity contribution is 5.85. The quantitative estimate of drug-likeness (QED) is 0.385. The van der Waals surface area contributed by atoms with Crippen LogP contribution in [0.5, 0.6) is 0 Å². The first-order valence-corrected chi connectivity index (χ1v) is 12.8. The molecule has 2 N–H and O–H groups in total. The molecular formula is C28H28F3N3O3. The third kappa shape index (κ3) is 4.61. The lowest BCUT2D eigenvalue weighted by atomic mass is 9.96. The number of fused-ring (bicyclic) bond motifs is 2. The lowest BCUT2D eigenvalue weighted by molar-refractivity contribution is -0.137. The molecule has 0 amide bonds. The number of carboxylic acids is 1. The normalized spacial score (nSPS) is 23.4. The predicted octanol–water partition coefficient (Wildman–Crippen LogP) is 6.39. The number of aromatic nitrogens is 2. The fraction of sp³-hybridized carbons (Fsp3) is 0.429. The molecule has 2 aliphatic heterocycles. The zero-order chi connectivity index (χ0) is 25.7. The van der Waals surface area contributed by atoms with Gasteiger partial charge in [0.15, 0.2) is 5.69 Å². The molecule has 1 saturated carbocycles. The third-order valence-corrected chi connectivity index (χ3v) is 7.90. The molecule has 2 bridgehead atoms. The number of nitrogens with zero attached hydrogens (tertiary/aromatic N) is 2. The second kappa shape index (κ2) is 9.20. The number of carbonyl (C=O) groups is 1. The van der Waals surface area contributed by atoms with Crippen molar-refractivity contribution in [2.75, 3.05) is 4.90 Å². The van der Waals surface area contributed by atoms with Crippen molar-refractivity contribution in [1.29, 1.82) is 0 Å². The number of rotatable bonds is 7. The van der Waals surface area contributed by atoms with E-state index in [0.717, 1.165) is 55.8 Å². The highest BCUT2D eigenvalue weighted by atomic mass is 19.4. The van der Waals surface area contributed by atoms with Crippen molar-refractivity contribution >= 4 is 11.8 Å². The van der Waals surface area contributed by atoms with Gasteiger partial charge < -0.3 is 19.7 Å². The zero-order valence-corrected chi connectivity index (χ0v) is 20.2. The summed E-state index contributed by atoms with van der Waals surface area (Å²) in [6.45, 7) is 0.258. The molecule has 2 aromatic heterocycles. The van der Waals surface area contributed by atoms with Gasteiger partial charge in [-0.15, -0.1) is 0 Å². The number of ether oxygens (including phenoxy) is 1. The number of carboxylic acid groups (broad SMARTS) is 1. The molecule has 3 fully saturated rings. The molecule has 3 aromatic rings. The van der Waals surface area contributed by atoms with Crippen LogP contribution < -0.4 is 4.90 Å². The maximum atomic E-state index is 13.8. The van der Waals surface area contributed by atoms with Crippen molar-refractivity contribution in [3.8, 4) is 11.1 Å². The minimum absolute atomic E-state index is 0.0240. The maximum absolute atomic E-state index is 13.8. The van der Waals surface area contributed by atoms with Crippen molar-refractivity contribution in [2.24, 2.45) is 0 Å². The van der Waals surface area contributed by atoms with Crippen molar-refractivity contribution < 1.29 is 27.8 Å². The molecule has 2 unspecified atom stereocenters. The number of aromatic amines is 1. The average Bonchev–Trinajstić information content (AvgIpc) is 3.58. The molecule has 6 nitrogen and oxygen atoms in total. The maximum Gasteiger partial charge on any atom is 0.417 e. The number of hydrogen-bond donors (Lipinski definition) is 2. The Morgan fingerprint density at radius 2 is 1.76 bits per heavy atom. The first-order chi connectivity index (χ1) is 17.8. The van der Waals surface area contributed by atoms with E-state index >= 15 is 0 Å². The molecule has 6 rings (SSSR count). The Hall–Kier alpha value is -3.33. The number of halogens is 3. The minimum Gasteiger partial charge on any atom is -0.477 e. The molecule has 3 aliphatic rings. The smallest absolute Gasteiger partial charge is 0.417 e. The number of H-pyrrole nitrogens is 1. The van der Waals surface area contributed by atoms with Gasteiger partial charge in [-0.3, -0.25) is 0 Å². The Bertz CT molecular complexity index is 1300. The van der Waals surface area contributed by atoms with E-state index in [1.807, 2.05) is 6.07 Å². The van der Waals surface area contributed by atoms with Gasteiger partial charge in [0.2, 0.25) is 0 Å². The SMILES string of the molecule is O=C(O)c1cccc(N2C3CCC2CC(OCc2c(-c4ccccc4C(F)(F)F)c[nH]c2C2CC2)C3)n1. The Labute approximate surface area is 212 Å². The fourth-order valence-electron chi connectivity index (χ4n) is 6.09. The van der Waals surface area contributed by atoms with E-state index in [1.54, 1.807) is 18.3 Å². The zero-order valence-electron chi connectivity index (χ0n) is 20.2. The van der Waals surface area contributed by atoms with Gasteiger partial charge in [0.25, 0.3) is 0 Å². The second-order valence-corrected chi connectivity index (χ2v) is 10.3. The largest absolute Gasteiger partial charge is 0.477 e. The van der Waals surface area contributed by atoms with Crippen molar-refractivity contribution in [2.45, 2.75) is 75.4 Å². The van der Waals surface area contributed by atoms with Crippen LogP contribution in [-0.4, -0.2) is 39.2 Å². The molecule has 194 valence electrons. The van der Waals surface area contributed by atoms with Gasteiger partial charge in [0.05, 0.1) is 18.3 Å². The highest BCUT2D eigenvalue weighted by Gasteiger charge is 2.42. The molecule has 2 atom stereocenters. The number of nitrogens with one attached hydrogen (secondary N) is 1.